The lowest BCUT2D eigenvalue weighted by molar-refractivity contribution is -0.137. The highest BCUT2D eigenvalue weighted by Gasteiger charge is 2.45. The second kappa shape index (κ2) is 6.90. The lowest BCUT2D eigenvalue weighted by Gasteiger charge is -2.19. The molecule has 8 heteroatoms. The van der Waals surface area contributed by atoms with E-state index in [0.717, 1.165) is 18.9 Å². The molecule has 1 heterocycles. The molecule has 1 aromatic carbocycles. The van der Waals surface area contributed by atoms with Crippen molar-refractivity contribution in [3.05, 3.63) is 35.4 Å². The van der Waals surface area contributed by atoms with Crippen LogP contribution in [0, 0.1) is 0 Å². The minimum absolute atomic E-state index is 0. The van der Waals surface area contributed by atoms with E-state index in [1.807, 2.05) is 0 Å². The van der Waals surface area contributed by atoms with E-state index >= 15 is 0 Å². The molecule has 2 fully saturated rings. The number of rotatable bonds is 4. The number of hydrogen-bond acceptors (Lipinski definition) is 3. The molecule has 1 aromatic rings. The van der Waals surface area contributed by atoms with Crippen molar-refractivity contribution in [2.24, 2.45) is 0 Å². The Bertz CT molecular complexity index is 605. The lowest BCUT2D eigenvalue weighted by Crippen LogP contribution is -2.43. The SMILES string of the molecule is Cl.O=C(NCC1(c2cccc(C(F)(F)F)c2)CC1)C1CC(O)CN1. The smallest absolute Gasteiger partial charge is 0.392 e. The maximum Gasteiger partial charge on any atom is 0.416 e. The van der Waals surface area contributed by atoms with Gasteiger partial charge in [0.05, 0.1) is 17.7 Å². The fourth-order valence-electron chi connectivity index (χ4n) is 3.04. The Morgan fingerprint density at radius 1 is 1.38 bits per heavy atom. The summed E-state index contributed by atoms with van der Waals surface area (Å²) in [5.41, 5.74) is -0.436. The molecule has 0 radical (unpaired) electrons. The van der Waals surface area contributed by atoms with Gasteiger partial charge >= 0.3 is 6.18 Å². The van der Waals surface area contributed by atoms with Crippen LogP contribution in [-0.2, 0) is 16.4 Å². The number of amides is 1. The fourth-order valence-corrected chi connectivity index (χ4v) is 3.04. The van der Waals surface area contributed by atoms with Crippen LogP contribution < -0.4 is 10.6 Å². The summed E-state index contributed by atoms with van der Waals surface area (Å²) in [6, 6.07) is 4.90. The van der Waals surface area contributed by atoms with Gasteiger partial charge in [-0.15, -0.1) is 12.4 Å². The van der Waals surface area contributed by atoms with E-state index in [1.165, 1.54) is 12.1 Å². The second-order valence-corrected chi connectivity index (χ2v) is 6.43. The Morgan fingerprint density at radius 3 is 2.62 bits per heavy atom. The van der Waals surface area contributed by atoms with Gasteiger partial charge in [-0.25, -0.2) is 0 Å². The molecule has 1 saturated carbocycles. The third-order valence-electron chi connectivity index (χ3n) is 4.68. The van der Waals surface area contributed by atoms with E-state index < -0.39 is 29.3 Å². The summed E-state index contributed by atoms with van der Waals surface area (Å²) in [5, 5.41) is 15.2. The number of aliphatic hydroxyl groups is 1. The van der Waals surface area contributed by atoms with E-state index in [9.17, 15) is 23.1 Å². The number of benzene rings is 1. The summed E-state index contributed by atoms with van der Waals surface area (Å²) >= 11 is 0. The fraction of sp³-hybridized carbons (Fsp3) is 0.562. The molecule has 3 rings (SSSR count). The Morgan fingerprint density at radius 2 is 2.08 bits per heavy atom. The highest BCUT2D eigenvalue weighted by molar-refractivity contribution is 5.85. The number of carbonyl (C=O) groups is 1. The Balaban J connectivity index is 0.00000208. The van der Waals surface area contributed by atoms with Crippen molar-refractivity contribution in [1.82, 2.24) is 10.6 Å². The Kier molecular flexibility index (Phi) is 5.47. The highest BCUT2D eigenvalue weighted by atomic mass is 35.5. The maximum absolute atomic E-state index is 12.8. The molecule has 4 nitrogen and oxygen atoms in total. The molecule has 2 aliphatic rings. The topological polar surface area (TPSA) is 61.4 Å². The Labute approximate surface area is 144 Å². The van der Waals surface area contributed by atoms with E-state index in [2.05, 4.69) is 10.6 Å². The van der Waals surface area contributed by atoms with Crippen molar-refractivity contribution in [2.75, 3.05) is 13.1 Å². The molecule has 1 aliphatic carbocycles. The quantitative estimate of drug-likeness (QED) is 0.766. The van der Waals surface area contributed by atoms with Gasteiger partial charge in [0.15, 0.2) is 0 Å². The normalized spacial score (nSPS) is 25.0. The molecule has 1 saturated heterocycles. The van der Waals surface area contributed by atoms with Crippen LogP contribution in [0.5, 0.6) is 0 Å². The molecule has 24 heavy (non-hydrogen) atoms. The number of alkyl halides is 3. The van der Waals surface area contributed by atoms with E-state index in [1.54, 1.807) is 6.07 Å². The first-order valence-corrected chi connectivity index (χ1v) is 7.67. The van der Waals surface area contributed by atoms with Crippen molar-refractivity contribution in [1.29, 1.82) is 0 Å². The van der Waals surface area contributed by atoms with Crippen LogP contribution in [0.25, 0.3) is 0 Å². The summed E-state index contributed by atoms with van der Waals surface area (Å²) in [6.45, 7) is 0.707. The molecule has 2 atom stereocenters. The van der Waals surface area contributed by atoms with E-state index in [-0.39, 0.29) is 18.3 Å². The Hall–Kier alpha value is -1.31. The average Bonchev–Trinajstić information content (AvgIpc) is 3.18. The maximum atomic E-state index is 12.8. The summed E-state index contributed by atoms with van der Waals surface area (Å²) in [7, 11) is 0. The highest BCUT2D eigenvalue weighted by Crippen LogP contribution is 2.48. The first-order valence-electron chi connectivity index (χ1n) is 7.67. The van der Waals surface area contributed by atoms with Gasteiger partial charge in [0, 0.05) is 18.5 Å². The zero-order valence-corrected chi connectivity index (χ0v) is 13.7. The lowest BCUT2D eigenvalue weighted by atomic mass is 9.94. The minimum atomic E-state index is -4.36. The van der Waals surface area contributed by atoms with Crippen molar-refractivity contribution < 1.29 is 23.1 Å². The summed E-state index contributed by atoms with van der Waals surface area (Å²) in [5.74, 6) is -0.209. The van der Waals surface area contributed by atoms with E-state index in [4.69, 9.17) is 0 Å². The first kappa shape index (κ1) is 19.0. The molecule has 1 amide bonds. The number of hydrogen-bond donors (Lipinski definition) is 3. The van der Waals surface area contributed by atoms with Crippen molar-refractivity contribution >= 4 is 18.3 Å². The summed E-state index contributed by atoms with van der Waals surface area (Å²) in [6.07, 6.45) is -3.00. The van der Waals surface area contributed by atoms with Crippen molar-refractivity contribution in [3.8, 4) is 0 Å². The summed E-state index contributed by atoms with van der Waals surface area (Å²) in [4.78, 5) is 12.1. The molecule has 0 bridgehead atoms. The molecule has 0 aromatic heterocycles. The third kappa shape index (κ3) is 4.02. The van der Waals surface area contributed by atoms with Crippen molar-refractivity contribution in [3.63, 3.8) is 0 Å². The van der Waals surface area contributed by atoms with Crippen molar-refractivity contribution in [2.45, 2.75) is 43.0 Å². The predicted octanol–water partition coefficient (Wildman–Crippen LogP) is 2.00. The minimum Gasteiger partial charge on any atom is -0.392 e. The van der Waals surface area contributed by atoms with Crippen LogP contribution in [0.2, 0.25) is 0 Å². The van der Waals surface area contributed by atoms with Crippen LogP contribution in [0.4, 0.5) is 13.2 Å². The van der Waals surface area contributed by atoms with Gasteiger partial charge < -0.3 is 15.7 Å². The number of halogens is 4. The molecule has 1 aliphatic heterocycles. The molecular formula is C16H20ClF3N2O2. The van der Waals surface area contributed by atoms with Gasteiger partial charge in [-0.05, 0) is 30.9 Å². The molecule has 134 valence electrons. The number of carbonyl (C=O) groups excluding carboxylic acids is 1. The standard InChI is InChI=1S/C16H19F3N2O2.ClH/c17-16(18,19)11-3-1-2-10(6-11)15(4-5-15)9-21-14(23)13-7-12(22)8-20-13;/h1-3,6,12-13,20,22H,4-5,7-9H2,(H,21,23);1H. The average molecular weight is 365 g/mol. The van der Waals surface area contributed by atoms with Crippen LogP contribution in [0.1, 0.15) is 30.4 Å². The van der Waals surface area contributed by atoms with Crippen LogP contribution in [-0.4, -0.2) is 36.2 Å². The van der Waals surface area contributed by atoms with Crippen LogP contribution >= 0.6 is 12.4 Å². The molecule has 3 N–H and O–H groups in total. The molecule has 2 unspecified atom stereocenters. The van der Waals surface area contributed by atoms with E-state index in [0.29, 0.717) is 25.1 Å². The van der Waals surface area contributed by atoms with Gasteiger partial charge in [-0.3, -0.25) is 4.79 Å². The monoisotopic (exact) mass is 364 g/mol. The van der Waals surface area contributed by atoms with Crippen LogP contribution in [0.3, 0.4) is 0 Å². The second-order valence-electron chi connectivity index (χ2n) is 6.43. The first-order chi connectivity index (χ1) is 10.8. The largest absolute Gasteiger partial charge is 0.416 e. The zero-order valence-electron chi connectivity index (χ0n) is 12.9. The van der Waals surface area contributed by atoms with Crippen LogP contribution in [0.15, 0.2) is 24.3 Å². The summed E-state index contributed by atoms with van der Waals surface area (Å²) < 4.78 is 38.5. The third-order valence-corrected chi connectivity index (χ3v) is 4.68. The molecular weight excluding hydrogens is 345 g/mol. The van der Waals surface area contributed by atoms with Gasteiger partial charge in [0.1, 0.15) is 0 Å². The number of β-amino-alcohol motifs (C(OH)–C–C–N with tert-alkyl or cyclic N) is 1. The number of aliphatic hydroxyl groups excluding tert-OH is 1. The van der Waals surface area contributed by atoms with Gasteiger partial charge in [0.25, 0.3) is 0 Å². The van der Waals surface area contributed by atoms with Gasteiger partial charge in [-0.2, -0.15) is 13.2 Å². The van der Waals surface area contributed by atoms with Gasteiger partial charge in [0.2, 0.25) is 5.91 Å². The van der Waals surface area contributed by atoms with Gasteiger partial charge in [-0.1, -0.05) is 18.2 Å². The zero-order chi connectivity index (χ0) is 16.7. The predicted molar refractivity (Wildman–Crippen MR) is 85.0 cm³/mol. The number of nitrogens with one attached hydrogen (secondary N) is 2. The molecule has 0 spiro atoms.